The largest absolute Gasteiger partial charge is 0.357 e. The van der Waals surface area contributed by atoms with Crippen molar-refractivity contribution in [1.82, 2.24) is 9.88 Å². The smallest absolute Gasteiger partial charge is 0.254 e. The van der Waals surface area contributed by atoms with Crippen molar-refractivity contribution in [3.8, 4) is 0 Å². The van der Waals surface area contributed by atoms with Gasteiger partial charge in [-0.1, -0.05) is 37.1 Å². The zero-order valence-electron chi connectivity index (χ0n) is 15.3. The van der Waals surface area contributed by atoms with E-state index in [4.69, 9.17) is 4.98 Å². The molecule has 4 rings (SSSR count). The Morgan fingerprint density at radius 1 is 0.885 bits per heavy atom. The Hall–Kier alpha value is -2.36. The second kappa shape index (κ2) is 7.90. The summed E-state index contributed by atoms with van der Waals surface area (Å²) in [5, 5.41) is 0. The molecular weight excluding hydrogens is 322 g/mol. The van der Waals surface area contributed by atoms with Crippen LogP contribution >= 0.6 is 0 Å². The molecule has 0 spiro atoms. The maximum Gasteiger partial charge on any atom is 0.254 e. The lowest BCUT2D eigenvalue weighted by molar-refractivity contribution is 0.0735. The van der Waals surface area contributed by atoms with Crippen LogP contribution in [0.1, 0.15) is 60.5 Å². The summed E-state index contributed by atoms with van der Waals surface area (Å²) in [5.41, 5.74) is 1.93. The van der Waals surface area contributed by atoms with E-state index in [1.54, 1.807) is 0 Å². The number of carbonyl (C=O) groups excluding carboxylic acids is 1. The SMILES string of the molecule is O=C(c1ccccc1)N1CCC[C@H]1c1ccc(N2CCCCCC2)nc1. The zero-order valence-corrected chi connectivity index (χ0v) is 15.3. The van der Waals surface area contributed by atoms with Crippen LogP contribution in [0, 0.1) is 0 Å². The molecule has 4 heteroatoms. The number of rotatable bonds is 3. The first-order valence-electron chi connectivity index (χ1n) is 9.90. The van der Waals surface area contributed by atoms with Crippen LogP contribution in [-0.2, 0) is 0 Å². The highest BCUT2D eigenvalue weighted by molar-refractivity contribution is 5.94. The minimum Gasteiger partial charge on any atom is -0.357 e. The van der Waals surface area contributed by atoms with Crippen LogP contribution in [0.15, 0.2) is 48.7 Å². The summed E-state index contributed by atoms with van der Waals surface area (Å²) in [4.78, 5) is 22.0. The number of amides is 1. The average molecular weight is 349 g/mol. The van der Waals surface area contributed by atoms with E-state index in [-0.39, 0.29) is 11.9 Å². The predicted molar refractivity (Wildman–Crippen MR) is 104 cm³/mol. The Labute approximate surface area is 155 Å². The molecule has 2 aliphatic heterocycles. The number of carbonyl (C=O) groups is 1. The van der Waals surface area contributed by atoms with Gasteiger partial charge >= 0.3 is 0 Å². The third kappa shape index (κ3) is 3.59. The molecule has 2 saturated heterocycles. The number of anilines is 1. The molecule has 136 valence electrons. The quantitative estimate of drug-likeness (QED) is 0.822. The van der Waals surface area contributed by atoms with Gasteiger partial charge in [-0.2, -0.15) is 0 Å². The van der Waals surface area contributed by atoms with Gasteiger partial charge in [-0.15, -0.1) is 0 Å². The Morgan fingerprint density at radius 2 is 1.65 bits per heavy atom. The molecule has 1 aromatic heterocycles. The monoisotopic (exact) mass is 349 g/mol. The van der Waals surface area contributed by atoms with Gasteiger partial charge in [-0.05, 0) is 49.4 Å². The van der Waals surface area contributed by atoms with Crippen molar-refractivity contribution in [3.05, 3.63) is 59.8 Å². The first-order valence-corrected chi connectivity index (χ1v) is 9.90. The second-order valence-corrected chi connectivity index (χ2v) is 7.37. The number of hydrogen-bond acceptors (Lipinski definition) is 3. The van der Waals surface area contributed by atoms with Gasteiger partial charge in [-0.25, -0.2) is 4.98 Å². The number of likely N-dealkylation sites (tertiary alicyclic amines) is 1. The lowest BCUT2D eigenvalue weighted by atomic mass is 10.1. The van der Waals surface area contributed by atoms with Crippen LogP contribution in [0.5, 0.6) is 0 Å². The van der Waals surface area contributed by atoms with Crippen molar-refractivity contribution >= 4 is 11.7 Å². The molecule has 4 nitrogen and oxygen atoms in total. The summed E-state index contributed by atoms with van der Waals surface area (Å²) in [6.07, 6.45) is 9.22. The van der Waals surface area contributed by atoms with Crippen molar-refractivity contribution in [2.75, 3.05) is 24.5 Å². The summed E-state index contributed by atoms with van der Waals surface area (Å²) in [6.45, 7) is 3.04. The lowest BCUT2D eigenvalue weighted by Gasteiger charge is -2.26. The topological polar surface area (TPSA) is 36.4 Å². The molecule has 2 fully saturated rings. The van der Waals surface area contributed by atoms with Crippen molar-refractivity contribution < 1.29 is 4.79 Å². The third-order valence-electron chi connectivity index (χ3n) is 5.62. The normalized spacial score (nSPS) is 20.8. The summed E-state index contributed by atoms with van der Waals surface area (Å²) in [7, 11) is 0. The summed E-state index contributed by atoms with van der Waals surface area (Å²) < 4.78 is 0. The second-order valence-electron chi connectivity index (χ2n) is 7.37. The maximum atomic E-state index is 12.9. The van der Waals surface area contributed by atoms with Gasteiger partial charge in [0.2, 0.25) is 0 Å². The Bertz CT molecular complexity index is 721. The molecular formula is C22H27N3O. The fraction of sp³-hybridized carbons (Fsp3) is 0.455. The Morgan fingerprint density at radius 3 is 2.35 bits per heavy atom. The molecule has 1 amide bonds. The summed E-state index contributed by atoms with van der Waals surface area (Å²) >= 11 is 0. The van der Waals surface area contributed by atoms with Crippen LogP contribution in [0.2, 0.25) is 0 Å². The van der Waals surface area contributed by atoms with Gasteiger partial charge in [0.25, 0.3) is 5.91 Å². The van der Waals surface area contributed by atoms with Crippen molar-refractivity contribution in [2.24, 2.45) is 0 Å². The minimum absolute atomic E-state index is 0.129. The van der Waals surface area contributed by atoms with Crippen LogP contribution in [-0.4, -0.2) is 35.4 Å². The van der Waals surface area contributed by atoms with Crippen molar-refractivity contribution in [3.63, 3.8) is 0 Å². The molecule has 2 aliphatic rings. The number of aromatic nitrogens is 1. The van der Waals surface area contributed by atoms with Gasteiger partial charge in [0.05, 0.1) is 6.04 Å². The van der Waals surface area contributed by atoms with Crippen LogP contribution in [0.3, 0.4) is 0 Å². The van der Waals surface area contributed by atoms with E-state index in [1.807, 2.05) is 41.4 Å². The highest BCUT2D eigenvalue weighted by Crippen LogP contribution is 2.33. The van der Waals surface area contributed by atoms with Gasteiger partial charge in [0, 0.05) is 31.4 Å². The Balaban J connectivity index is 1.50. The van der Waals surface area contributed by atoms with Gasteiger partial charge in [0.1, 0.15) is 5.82 Å². The number of pyridine rings is 1. The molecule has 2 aromatic rings. The van der Waals surface area contributed by atoms with E-state index >= 15 is 0 Å². The molecule has 0 radical (unpaired) electrons. The van der Waals surface area contributed by atoms with E-state index < -0.39 is 0 Å². The molecule has 0 N–H and O–H groups in total. The highest BCUT2D eigenvalue weighted by Gasteiger charge is 2.30. The first kappa shape index (κ1) is 17.1. The van der Waals surface area contributed by atoms with E-state index in [9.17, 15) is 4.79 Å². The fourth-order valence-electron chi connectivity index (χ4n) is 4.18. The molecule has 26 heavy (non-hydrogen) atoms. The summed E-state index contributed by atoms with van der Waals surface area (Å²) in [5.74, 6) is 1.21. The van der Waals surface area contributed by atoms with Gasteiger partial charge < -0.3 is 9.80 Å². The highest BCUT2D eigenvalue weighted by atomic mass is 16.2. The van der Waals surface area contributed by atoms with E-state index in [0.29, 0.717) is 0 Å². The fourth-order valence-corrected chi connectivity index (χ4v) is 4.18. The lowest BCUT2D eigenvalue weighted by Crippen LogP contribution is -2.30. The van der Waals surface area contributed by atoms with Crippen LogP contribution in [0.25, 0.3) is 0 Å². The standard InChI is InChI=1S/C22H27N3O/c26-22(18-9-4-3-5-10-18)25-16-8-11-20(25)19-12-13-21(23-17-19)24-14-6-1-2-7-15-24/h3-5,9-10,12-13,17,20H,1-2,6-8,11,14-16H2/t20-/m0/s1. The zero-order chi connectivity index (χ0) is 17.8. The minimum atomic E-state index is 0.129. The van der Waals surface area contributed by atoms with Crippen molar-refractivity contribution in [2.45, 2.75) is 44.6 Å². The van der Waals surface area contributed by atoms with Crippen LogP contribution in [0.4, 0.5) is 5.82 Å². The predicted octanol–water partition coefficient (Wildman–Crippen LogP) is 4.44. The molecule has 0 saturated carbocycles. The molecule has 0 aliphatic carbocycles. The third-order valence-corrected chi connectivity index (χ3v) is 5.62. The molecule has 0 unspecified atom stereocenters. The maximum absolute atomic E-state index is 12.9. The van der Waals surface area contributed by atoms with Gasteiger partial charge in [0.15, 0.2) is 0 Å². The van der Waals surface area contributed by atoms with E-state index in [2.05, 4.69) is 17.0 Å². The summed E-state index contributed by atoms with van der Waals surface area (Å²) in [6, 6.07) is 14.1. The number of hydrogen-bond donors (Lipinski definition) is 0. The number of benzene rings is 1. The number of nitrogens with zero attached hydrogens (tertiary/aromatic N) is 3. The molecule has 0 bridgehead atoms. The van der Waals surface area contributed by atoms with E-state index in [1.165, 1.54) is 25.7 Å². The molecule has 3 heterocycles. The van der Waals surface area contributed by atoms with Crippen LogP contribution < -0.4 is 4.90 Å². The average Bonchev–Trinajstić information content (AvgIpc) is 3.03. The van der Waals surface area contributed by atoms with E-state index in [0.717, 1.165) is 49.4 Å². The Kier molecular flexibility index (Phi) is 5.19. The molecule has 1 atom stereocenters. The first-order chi connectivity index (χ1) is 12.8. The van der Waals surface area contributed by atoms with Crippen molar-refractivity contribution in [1.29, 1.82) is 0 Å². The molecule has 1 aromatic carbocycles. The van der Waals surface area contributed by atoms with Gasteiger partial charge in [-0.3, -0.25) is 4.79 Å².